The SMILES string of the molecule is Cc1cc(-c2ccc3c(N)noc3c2)ccc1F. The molecule has 0 atom stereocenters. The predicted octanol–water partition coefficient (Wildman–Crippen LogP) is 3.52. The summed E-state index contributed by atoms with van der Waals surface area (Å²) in [6.45, 7) is 1.74. The van der Waals surface area contributed by atoms with Crippen molar-refractivity contribution in [3.63, 3.8) is 0 Å². The van der Waals surface area contributed by atoms with E-state index in [0.717, 1.165) is 16.5 Å². The van der Waals surface area contributed by atoms with Crippen molar-refractivity contribution >= 4 is 16.8 Å². The molecule has 4 heteroatoms. The molecule has 90 valence electrons. The van der Waals surface area contributed by atoms with Gasteiger partial charge in [0, 0.05) is 0 Å². The largest absolute Gasteiger partial charge is 0.380 e. The summed E-state index contributed by atoms with van der Waals surface area (Å²) in [5.41, 5.74) is 8.78. The van der Waals surface area contributed by atoms with Crippen LogP contribution in [0.1, 0.15) is 5.56 Å². The summed E-state index contributed by atoms with van der Waals surface area (Å²) in [6, 6.07) is 10.6. The average Bonchev–Trinajstić information content (AvgIpc) is 2.74. The zero-order valence-corrected chi connectivity index (χ0v) is 9.77. The number of fused-ring (bicyclic) bond motifs is 1. The molecule has 0 unspecified atom stereocenters. The second-order valence-corrected chi connectivity index (χ2v) is 4.24. The molecule has 3 nitrogen and oxygen atoms in total. The van der Waals surface area contributed by atoms with Gasteiger partial charge < -0.3 is 10.3 Å². The van der Waals surface area contributed by atoms with E-state index in [2.05, 4.69) is 5.16 Å². The fourth-order valence-corrected chi connectivity index (χ4v) is 1.96. The summed E-state index contributed by atoms with van der Waals surface area (Å²) in [6.07, 6.45) is 0. The number of aromatic nitrogens is 1. The first-order valence-electron chi connectivity index (χ1n) is 5.56. The van der Waals surface area contributed by atoms with E-state index >= 15 is 0 Å². The van der Waals surface area contributed by atoms with Gasteiger partial charge in [-0.2, -0.15) is 0 Å². The number of nitrogen functional groups attached to an aromatic ring is 1. The second kappa shape index (κ2) is 3.84. The minimum absolute atomic E-state index is 0.205. The highest BCUT2D eigenvalue weighted by atomic mass is 19.1. The molecule has 3 aromatic rings. The number of halogens is 1. The Bertz CT molecular complexity index is 734. The average molecular weight is 242 g/mol. The van der Waals surface area contributed by atoms with E-state index in [-0.39, 0.29) is 5.82 Å². The van der Waals surface area contributed by atoms with Gasteiger partial charge in [0.25, 0.3) is 0 Å². The van der Waals surface area contributed by atoms with Gasteiger partial charge in [-0.3, -0.25) is 0 Å². The number of rotatable bonds is 1. The monoisotopic (exact) mass is 242 g/mol. The highest BCUT2D eigenvalue weighted by Gasteiger charge is 2.07. The fourth-order valence-electron chi connectivity index (χ4n) is 1.96. The number of anilines is 1. The molecule has 0 spiro atoms. The van der Waals surface area contributed by atoms with Crippen LogP contribution in [0.15, 0.2) is 40.9 Å². The summed E-state index contributed by atoms with van der Waals surface area (Å²) < 4.78 is 18.3. The molecule has 0 aliphatic rings. The van der Waals surface area contributed by atoms with E-state index < -0.39 is 0 Å². The summed E-state index contributed by atoms with van der Waals surface area (Å²) >= 11 is 0. The molecule has 0 radical (unpaired) electrons. The van der Waals surface area contributed by atoms with E-state index in [1.807, 2.05) is 18.2 Å². The van der Waals surface area contributed by atoms with Crippen molar-refractivity contribution in [1.82, 2.24) is 5.16 Å². The van der Waals surface area contributed by atoms with Crippen LogP contribution in [0.4, 0.5) is 10.2 Å². The lowest BCUT2D eigenvalue weighted by molar-refractivity contribution is 0.460. The Morgan fingerprint density at radius 3 is 2.61 bits per heavy atom. The van der Waals surface area contributed by atoms with E-state index in [1.54, 1.807) is 19.1 Å². The molecule has 0 aliphatic carbocycles. The smallest absolute Gasteiger partial charge is 0.174 e. The van der Waals surface area contributed by atoms with Crippen LogP contribution >= 0.6 is 0 Å². The number of hydrogen-bond donors (Lipinski definition) is 1. The van der Waals surface area contributed by atoms with Gasteiger partial charge in [-0.25, -0.2) is 4.39 Å². The van der Waals surface area contributed by atoms with Crippen molar-refractivity contribution in [3.05, 3.63) is 47.8 Å². The van der Waals surface area contributed by atoms with Crippen molar-refractivity contribution in [1.29, 1.82) is 0 Å². The van der Waals surface area contributed by atoms with Gasteiger partial charge in [0.1, 0.15) is 5.82 Å². The van der Waals surface area contributed by atoms with Crippen LogP contribution in [0.5, 0.6) is 0 Å². The Kier molecular flexibility index (Phi) is 2.30. The third-order valence-corrected chi connectivity index (χ3v) is 2.99. The lowest BCUT2D eigenvalue weighted by Crippen LogP contribution is -1.85. The number of nitrogens with zero attached hydrogens (tertiary/aromatic N) is 1. The second-order valence-electron chi connectivity index (χ2n) is 4.24. The molecule has 0 aliphatic heterocycles. The van der Waals surface area contributed by atoms with Gasteiger partial charge in [0.2, 0.25) is 0 Å². The fraction of sp³-hybridized carbons (Fsp3) is 0.0714. The van der Waals surface area contributed by atoms with Crippen molar-refractivity contribution < 1.29 is 8.91 Å². The predicted molar refractivity (Wildman–Crippen MR) is 68.6 cm³/mol. The number of benzene rings is 2. The zero-order chi connectivity index (χ0) is 12.7. The van der Waals surface area contributed by atoms with Gasteiger partial charge in [0.05, 0.1) is 5.39 Å². The summed E-state index contributed by atoms with van der Waals surface area (Å²) in [7, 11) is 0. The molecular formula is C14H11FN2O. The normalized spacial score (nSPS) is 11.0. The van der Waals surface area contributed by atoms with Crippen LogP contribution in [-0.2, 0) is 0 Å². The maximum Gasteiger partial charge on any atom is 0.174 e. The Balaban J connectivity index is 2.16. The van der Waals surface area contributed by atoms with E-state index in [9.17, 15) is 4.39 Å². The highest BCUT2D eigenvalue weighted by Crippen LogP contribution is 2.28. The van der Waals surface area contributed by atoms with Gasteiger partial charge in [-0.1, -0.05) is 17.3 Å². The number of nitrogens with two attached hydrogens (primary N) is 1. The molecule has 1 aromatic heterocycles. The minimum Gasteiger partial charge on any atom is -0.380 e. The van der Waals surface area contributed by atoms with Gasteiger partial charge >= 0.3 is 0 Å². The van der Waals surface area contributed by atoms with Crippen molar-refractivity contribution in [3.8, 4) is 11.1 Å². The molecule has 0 saturated carbocycles. The maximum atomic E-state index is 13.2. The van der Waals surface area contributed by atoms with Crippen LogP contribution in [0.3, 0.4) is 0 Å². The van der Waals surface area contributed by atoms with E-state index in [1.165, 1.54) is 6.07 Å². The van der Waals surface area contributed by atoms with Crippen molar-refractivity contribution in [2.45, 2.75) is 6.92 Å². The van der Waals surface area contributed by atoms with Gasteiger partial charge in [0.15, 0.2) is 11.4 Å². The molecule has 2 N–H and O–H groups in total. The van der Waals surface area contributed by atoms with E-state index in [0.29, 0.717) is 17.0 Å². The lowest BCUT2D eigenvalue weighted by Gasteiger charge is -2.03. The molecule has 0 saturated heterocycles. The first-order chi connectivity index (χ1) is 8.65. The standard InChI is InChI=1S/C14H11FN2O/c1-8-6-9(3-5-12(8)15)10-2-4-11-13(7-10)18-17-14(11)16/h2-7H,1H3,(H2,16,17). The van der Waals surface area contributed by atoms with Crippen LogP contribution in [0, 0.1) is 12.7 Å². The Morgan fingerprint density at radius 2 is 1.83 bits per heavy atom. The third-order valence-electron chi connectivity index (χ3n) is 2.99. The van der Waals surface area contributed by atoms with Gasteiger partial charge in [-0.15, -0.1) is 0 Å². The molecule has 0 bridgehead atoms. The van der Waals surface area contributed by atoms with Crippen LogP contribution < -0.4 is 5.73 Å². The van der Waals surface area contributed by atoms with E-state index in [4.69, 9.17) is 10.3 Å². The topological polar surface area (TPSA) is 52.0 Å². The van der Waals surface area contributed by atoms with Crippen LogP contribution in [0.25, 0.3) is 22.1 Å². The molecule has 1 heterocycles. The number of aryl methyl sites for hydroxylation is 1. The molecule has 3 rings (SSSR count). The van der Waals surface area contributed by atoms with Crippen molar-refractivity contribution in [2.24, 2.45) is 0 Å². The summed E-state index contributed by atoms with van der Waals surface area (Å²) in [4.78, 5) is 0. The first-order valence-corrected chi connectivity index (χ1v) is 5.56. The van der Waals surface area contributed by atoms with Crippen LogP contribution in [-0.4, -0.2) is 5.16 Å². The Hall–Kier alpha value is -2.36. The Labute approximate surface area is 103 Å². The van der Waals surface area contributed by atoms with Crippen LogP contribution in [0.2, 0.25) is 0 Å². The van der Waals surface area contributed by atoms with Crippen molar-refractivity contribution in [2.75, 3.05) is 5.73 Å². The molecule has 2 aromatic carbocycles. The third kappa shape index (κ3) is 1.62. The zero-order valence-electron chi connectivity index (χ0n) is 9.77. The first kappa shape index (κ1) is 10.8. The maximum absolute atomic E-state index is 13.2. The lowest BCUT2D eigenvalue weighted by atomic mass is 10.0. The van der Waals surface area contributed by atoms with Gasteiger partial charge in [-0.05, 0) is 47.9 Å². The Morgan fingerprint density at radius 1 is 1.11 bits per heavy atom. The minimum atomic E-state index is -0.205. The quantitative estimate of drug-likeness (QED) is 0.710. The summed E-state index contributed by atoms with van der Waals surface area (Å²) in [5.74, 6) is 0.176. The molecular weight excluding hydrogens is 231 g/mol. The number of hydrogen-bond acceptors (Lipinski definition) is 3. The summed E-state index contributed by atoms with van der Waals surface area (Å²) in [5, 5.41) is 4.49. The molecule has 18 heavy (non-hydrogen) atoms. The molecule has 0 fully saturated rings. The highest BCUT2D eigenvalue weighted by molar-refractivity contribution is 5.90. The molecule has 0 amide bonds.